The summed E-state index contributed by atoms with van der Waals surface area (Å²) < 4.78 is 0. The van der Waals surface area contributed by atoms with E-state index in [9.17, 15) is 0 Å². The lowest BCUT2D eigenvalue weighted by atomic mass is 9.97. The predicted octanol–water partition coefficient (Wildman–Crippen LogP) is 2.49. The Morgan fingerprint density at radius 1 is 1.06 bits per heavy atom. The van der Waals surface area contributed by atoms with Crippen molar-refractivity contribution in [1.29, 1.82) is 0 Å². The minimum Gasteiger partial charge on any atom is -0.315 e. The van der Waals surface area contributed by atoms with Crippen LogP contribution in [0.25, 0.3) is 4.85 Å². The first-order valence-corrected chi connectivity index (χ1v) is 6.51. The van der Waals surface area contributed by atoms with Crippen molar-refractivity contribution in [2.75, 3.05) is 26.2 Å². The van der Waals surface area contributed by atoms with Gasteiger partial charge in [0.15, 0.2) is 0 Å². The molecule has 0 aromatic carbocycles. The molecule has 0 aromatic heterocycles. The summed E-state index contributed by atoms with van der Waals surface area (Å²) in [6.45, 7) is 24.5. The van der Waals surface area contributed by atoms with Crippen LogP contribution in [0, 0.1) is 6.57 Å². The van der Waals surface area contributed by atoms with Gasteiger partial charge in [-0.1, -0.05) is 0 Å². The second kappa shape index (κ2) is 4.96. The average Bonchev–Trinajstić information content (AvgIpc) is 2.15. The summed E-state index contributed by atoms with van der Waals surface area (Å²) in [5, 5.41) is 0. The Morgan fingerprint density at radius 3 is 2.06 bits per heavy atom. The summed E-state index contributed by atoms with van der Waals surface area (Å²) in [6.07, 6.45) is 0. The molecule has 0 bridgehead atoms. The molecule has 1 aliphatic heterocycles. The van der Waals surface area contributed by atoms with Gasteiger partial charge in [-0.15, -0.1) is 0 Å². The molecule has 1 atom stereocenters. The van der Waals surface area contributed by atoms with Crippen LogP contribution in [-0.4, -0.2) is 53.1 Å². The monoisotopic (exact) mass is 237 g/mol. The van der Waals surface area contributed by atoms with Crippen molar-refractivity contribution >= 4 is 0 Å². The molecule has 0 radical (unpaired) electrons. The lowest BCUT2D eigenvalue weighted by molar-refractivity contribution is -0.0162. The lowest BCUT2D eigenvalue weighted by Crippen LogP contribution is -2.63. The van der Waals surface area contributed by atoms with Crippen LogP contribution in [0.15, 0.2) is 0 Å². The van der Waals surface area contributed by atoms with E-state index in [1.54, 1.807) is 0 Å². The maximum atomic E-state index is 7.14. The Balaban J connectivity index is 2.79. The summed E-state index contributed by atoms with van der Waals surface area (Å²) in [7, 11) is 0. The molecule has 1 aliphatic rings. The molecule has 1 heterocycles. The van der Waals surface area contributed by atoms with Crippen molar-refractivity contribution in [2.24, 2.45) is 0 Å². The van der Waals surface area contributed by atoms with E-state index in [4.69, 9.17) is 6.57 Å². The van der Waals surface area contributed by atoms with E-state index in [-0.39, 0.29) is 11.1 Å². The van der Waals surface area contributed by atoms with Crippen LogP contribution in [0.4, 0.5) is 0 Å². The van der Waals surface area contributed by atoms with Crippen molar-refractivity contribution in [1.82, 2.24) is 9.80 Å². The van der Waals surface area contributed by atoms with Gasteiger partial charge in [0.1, 0.15) is 0 Å². The molecule has 1 saturated heterocycles. The third kappa shape index (κ3) is 3.69. The Labute approximate surface area is 107 Å². The maximum absolute atomic E-state index is 7.14. The smallest absolute Gasteiger partial charge is 0.231 e. The van der Waals surface area contributed by atoms with Gasteiger partial charge in [-0.2, -0.15) is 0 Å². The molecule has 17 heavy (non-hydrogen) atoms. The highest BCUT2D eigenvalue weighted by Crippen LogP contribution is 2.25. The van der Waals surface area contributed by atoms with Crippen LogP contribution >= 0.6 is 0 Å². The van der Waals surface area contributed by atoms with E-state index in [1.165, 1.54) is 0 Å². The Morgan fingerprint density at radius 2 is 1.65 bits per heavy atom. The van der Waals surface area contributed by atoms with E-state index in [0.29, 0.717) is 12.6 Å². The molecule has 0 aromatic rings. The van der Waals surface area contributed by atoms with E-state index < -0.39 is 0 Å². The van der Waals surface area contributed by atoms with Crippen molar-refractivity contribution in [3.05, 3.63) is 11.4 Å². The van der Waals surface area contributed by atoms with Crippen LogP contribution in [-0.2, 0) is 0 Å². The number of hydrogen-bond acceptors (Lipinski definition) is 2. The second-order valence-corrected chi connectivity index (χ2v) is 6.98. The first-order chi connectivity index (χ1) is 7.66. The first kappa shape index (κ1) is 14.5. The highest BCUT2D eigenvalue weighted by Gasteiger charge is 2.38. The van der Waals surface area contributed by atoms with Gasteiger partial charge in [0.25, 0.3) is 0 Å². The molecule has 0 N–H and O–H groups in total. The molecule has 0 spiro atoms. The summed E-state index contributed by atoms with van der Waals surface area (Å²) in [4.78, 5) is 8.62. The maximum Gasteiger partial charge on any atom is 0.231 e. The Kier molecular flexibility index (Phi) is 4.22. The molecular weight excluding hydrogens is 210 g/mol. The van der Waals surface area contributed by atoms with Crippen LogP contribution in [0.5, 0.6) is 0 Å². The average molecular weight is 237 g/mol. The molecule has 1 unspecified atom stereocenters. The highest BCUT2D eigenvalue weighted by atomic mass is 15.3. The zero-order chi connectivity index (χ0) is 13.3. The van der Waals surface area contributed by atoms with Gasteiger partial charge in [-0.05, 0) is 41.5 Å². The second-order valence-electron chi connectivity index (χ2n) is 6.98. The fourth-order valence-corrected chi connectivity index (χ4v) is 2.61. The zero-order valence-corrected chi connectivity index (χ0v) is 12.2. The van der Waals surface area contributed by atoms with Crippen molar-refractivity contribution in [2.45, 2.75) is 58.7 Å². The van der Waals surface area contributed by atoms with Crippen LogP contribution in [0.2, 0.25) is 0 Å². The fourth-order valence-electron chi connectivity index (χ4n) is 2.61. The fraction of sp³-hybridized carbons (Fsp3) is 0.929. The standard InChI is InChI=1S/C14H27N3/c1-13(2,3)16-8-9-17(14(4,5)6)12(11-16)10-15-7/h12H,8-11H2,1-6H3. The number of rotatable bonds is 1. The van der Waals surface area contributed by atoms with Crippen molar-refractivity contribution in [3.8, 4) is 0 Å². The molecule has 0 amide bonds. The summed E-state index contributed by atoms with van der Waals surface area (Å²) in [5.74, 6) is 0. The first-order valence-electron chi connectivity index (χ1n) is 6.51. The van der Waals surface area contributed by atoms with Crippen LogP contribution in [0.1, 0.15) is 41.5 Å². The van der Waals surface area contributed by atoms with E-state index in [1.807, 2.05) is 0 Å². The topological polar surface area (TPSA) is 10.8 Å². The largest absolute Gasteiger partial charge is 0.315 e. The molecule has 3 heteroatoms. The van der Waals surface area contributed by atoms with Gasteiger partial charge in [0.05, 0.1) is 6.04 Å². The molecule has 1 fully saturated rings. The van der Waals surface area contributed by atoms with Crippen LogP contribution < -0.4 is 0 Å². The zero-order valence-electron chi connectivity index (χ0n) is 12.2. The van der Waals surface area contributed by atoms with Crippen LogP contribution in [0.3, 0.4) is 0 Å². The van der Waals surface area contributed by atoms with Gasteiger partial charge in [-0.25, -0.2) is 6.57 Å². The highest BCUT2D eigenvalue weighted by molar-refractivity contribution is 4.95. The van der Waals surface area contributed by atoms with E-state index in [0.717, 1.165) is 19.6 Å². The van der Waals surface area contributed by atoms with Crippen molar-refractivity contribution in [3.63, 3.8) is 0 Å². The lowest BCUT2D eigenvalue weighted by Gasteiger charge is -2.49. The Bertz CT molecular complexity index is 290. The number of nitrogens with zero attached hydrogens (tertiary/aromatic N) is 3. The summed E-state index contributed by atoms with van der Waals surface area (Å²) >= 11 is 0. The quantitative estimate of drug-likeness (QED) is 0.649. The third-order valence-electron chi connectivity index (χ3n) is 3.60. The summed E-state index contributed by atoms with van der Waals surface area (Å²) in [6, 6.07) is 0.375. The van der Waals surface area contributed by atoms with Gasteiger partial charge in [-0.3, -0.25) is 9.80 Å². The van der Waals surface area contributed by atoms with Crippen molar-refractivity contribution < 1.29 is 0 Å². The molecular formula is C14H27N3. The molecule has 98 valence electrons. The summed E-state index contributed by atoms with van der Waals surface area (Å²) in [5.41, 5.74) is 0.379. The predicted molar refractivity (Wildman–Crippen MR) is 73.0 cm³/mol. The Hall–Kier alpha value is -0.590. The van der Waals surface area contributed by atoms with Gasteiger partial charge in [0, 0.05) is 30.7 Å². The minimum atomic E-state index is 0.166. The van der Waals surface area contributed by atoms with E-state index >= 15 is 0 Å². The number of hydrogen-bond donors (Lipinski definition) is 0. The molecule has 1 rings (SSSR count). The normalized spacial score (nSPS) is 24.6. The van der Waals surface area contributed by atoms with E-state index in [2.05, 4.69) is 56.2 Å². The third-order valence-corrected chi connectivity index (χ3v) is 3.60. The van der Waals surface area contributed by atoms with Gasteiger partial charge < -0.3 is 4.85 Å². The molecule has 3 nitrogen and oxygen atoms in total. The molecule has 0 saturated carbocycles. The molecule has 0 aliphatic carbocycles. The SMILES string of the molecule is [C-]#[N+]CC1CN(C(C)(C)C)CCN1C(C)(C)C. The van der Waals surface area contributed by atoms with Gasteiger partial charge >= 0.3 is 0 Å². The van der Waals surface area contributed by atoms with Gasteiger partial charge in [0.2, 0.25) is 6.54 Å². The minimum absolute atomic E-state index is 0.166. The number of piperazine rings is 1.